The molecule has 0 bridgehead atoms. The first kappa shape index (κ1) is 18.2. The highest BCUT2D eigenvalue weighted by atomic mass is 35.5. The molecule has 0 saturated heterocycles. The summed E-state index contributed by atoms with van der Waals surface area (Å²) in [7, 11) is 1.19. The Balaban J connectivity index is 2.12. The Labute approximate surface area is 152 Å². The van der Waals surface area contributed by atoms with Crippen molar-refractivity contribution in [3.05, 3.63) is 56.4 Å². The molecule has 0 radical (unpaired) electrons. The Morgan fingerprint density at radius 3 is 2.54 bits per heavy atom. The maximum absolute atomic E-state index is 11.3. The van der Waals surface area contributed by atoms with Crippen LogP contribution < -0.4 is 4.74 Å². The fraction of sp³-hybridized carbons (Fsp3) is 0.125. The van der Waals surface area contributed by atoms with Gasteiger partial charge in [-0.2, -0.15) is 5.26 Å². The highest BCUT2D eigenvalue weighted by Crippen LogP contribution is 2.36. The van der Waals surface area contributed by atoms with Crippen LogP contribution in [-0.2, 0) is 16.1 Å². The summed E-state index contributed by atoms with van der Waals surface area (Å²) in [5.41, 5.74) is -0.178. The number of hydrogen-bond acceptors (Lipinski definition) is 5. The number of carbonyl (C=O) groups is 1. The van der Waals surface area contributed by atoms with Gasteiger partial charge in [0.15, 0.2) is 5.75 Å². The average Bonchev–Trinajstić information content (AvgIpc) is 2.98. The summed E-state index contributed by atoms with van der Waals surface area (Å²) in [6.45, 7) is 0.0506. The van der Waals surface area contributed by atoms with Crippen molar-refractivity contribution in [1.82, 2.24) is 0 Å². The second kappa shape index (κ2) is 8.11. The molecule has 0 amide bonds. The van der Waals surface area contributed by atoms with Gasteiger partial charge in [0.05, 0.1) is 17.2 Å². The van der Waals surface area contributed by atoms with E-state index >= 15 is 0 Å². The molecule has 0 saturated carbocycles. The number of rotatable bonds is 5. The van der Waals surface area contributed by atoms with Crippen LogP contribution in [-0.4, -0.2) is 13.1 Å². The summed E-state index contributed by atoms with van der Waals surface area (Å²) in [4.78, 5) is 11.3. The van der Waals surface area contributed by atoms with Crippen molar-refractivity contribution in [3.63, 3.8) is 0 Å². The number of benzene rings is 1. The van der Waals surface area contributed by atoms with Gasteiger partial charge in [-0.3, -0.25) is 0 Å². The monoisotopic (exact) mass is 385 g/mol. The van der Waals surface area contributed by atoms with Gasteiger partial charge in [0.1, 0.15) is 29.8 Å². The number of hydrogen-bond donors (Lipinski definition) is 0. The molecule has 0 aliphatic carbocycles. The van der Waals surface area contributed by atoms with E-state index < -0.39 is 5.97 Å². The van der Waals surface area contributed by atoms with Gasteiger partial charge in [0.2, 0.25) is 0 Å². The fourth-order valence-corrected chi connectivity index (χ4v) is 2.67. The summed E-state index contributed by atoms with van der Waals surface area (Å²) in [6.07, 6.45) is 1.28. The van der Waals surface area contributed by atoms with Crippen LogP contribution in [0, 0.1) is 11.3 Å². The zero-order chi connectivity index (χ0) is 17.7. The molecular weight excluding hydrogens is 377 g/mol. The van der Waals surface area contributed by atoms with Crippen LogP contribution in [0.25, 0.3) is 6.08 Å². The molecule has 1 aromatic heterocycles. The number of nitriles is 1. The summed E-state index contributed by atoms with van der Waals surface area (Å²) in [5, 5.41) is 9.85. The van der Waals surface area contributed by atoms with Crippen molar-refractivity contribution in [2.75, 3.05) is 7.11 Å². The number of esters is 1. The molecule has 0 unspecified atom stereocenters. The van der Waals surface area contributed by atoms with Crippen LogP contribution in [0.15, 0.2) is 34.3 Å². The second-order valence-electron chi connectivity index (χ2n) is 4.45. The third-order valence-corrected chi connectivity index (χ3v) is 3.60. The van der Waals surface area contributed by atoms with Gasteiger partial charge in [-0.1, -0.05) is 34.8 Å². The summed E-state index contributed by atoms with van der Waals surface area (Å²) >= 11 is 17.9. The van der Waals surface area contributed by atoms with Crippen molar-refractivity contribution in [3.8, 4) is 11.8 Å². The van der Waals surface area contributed by atoms with Crippen molar-refractivity contribution >= 4 is 46.8 Å². The highest BCUT2D eigenvalue weighted by Gasteiger charge is 2.12. The Kier molecular flexibility index (Phi) is 6.16. The normalized spacial score (nSPS) is 11.0. The lowest BCUT2D eigenvalue weighted by Crippen LogP contribution is -2.02. The van der Waals surface area contributed by atoms with E-state index in [-0.39, 0.29) is 28.0 Å². The molecule has 5 nitrogen and oxygen atoms in total. The zero-order valence-corrected chi connectivity index (χ0v) is 14.6. The molecule has 8 heteroatoms. The lowest BCUT2D eigenvalue weighted by atomic mass is 10.2. The van der Waals surface area contributed by atoms with E-state index in [1.54, 1.807) is 18.2 Å². The lowest BCUT2D eigenvalue weighted by molar-refractivity contribution is -0.135. The Morgan fingerprint density at radius 2 is 1.96 bits per heavy atom. The predicted octanol–water partition coefficient (Wildman–Crippen LogP) is 4.90. The molecule has 1 heterocycles. The van der Waals surface area contributed by atoms with Gasteiger partial charge in [0.25, 0.3) is 0 Å². The smallest absolute Gasteiger partial charge is 0.348 e. The number of carbonyl (C=O) groups excluding carboxylic acids is 1. The first-order chi connectivity index (χ1) is 11.4. The van der Waals surface area contributed by atoms with E-state index in [1.165, 1.54) is 25.3 Å². The van der Waals surface area contributed by atoms with Gasteiger partial charge in [-0.15, -0.1) is 0 Å². The van der Waals surface area contributed by atoms with Crippen molar-refractivity contribution in [2.24, 2.45) is 0 Å². The third-order valence-electron chi connectivity index (χ3n) is 2.82. The number of furan rings is 1. The molecule has 24 heavy (non-hydrogen) atoms. The van der Waals surface area contributed by atoms with E-state index in [9.17, 15) is 4.79 Å². The third kappa shape index (κ3) is 4.45. The summed E-state index contributed by atoms with van der Waals surface area (Å²) in [6, 6.07) is 7.98. The first-order valence-corrected chi connectivity index (χ1v) is 7.64. The van der Waals surface area contributed by atoms with E-state index in [4.69, 9.17) is 49.2 Å². The maximum Gasteiger partial charge on any atom is 0.348 e. The predicted molar refractivity (Wildman–Crippen MR) is 90.1 cm³/mol. The van der Waals surface area contributed by atoms with Gasteiger partial charge in [-0.25, -0.2) is 4.79 Å². The quantitative estimate of drug-likeness (QED) is 0.415. The van der Waals surface area contributed by atoms with E-state index in [1.807, 2.05) is 0 Å². The van der Waals surface area contributed by atoms with Crippen LogP contribution >= 0.6 is 34.8 Å². The minimum absolute atomic E-state index is 0.0506. The van der Waals surface area contributed by atoms with E-state index in [2.05, 4.69) is 4.74 Å². The van der Waals surface area contributed by atoms with Gasteiger partial charge >= 0.3 is 5.97 Å². The van der Waals surface area contributed by atoms with Crippen molar-refractivity contribution in [1.29, 1.82) is 5.26 Å². The van der Waals surface area contributed by atoms with Crippen molar-refractivity contribution in [2.45, 2.75) is 6.61 Å². The summed E-state index contributed by atoms with van der Waals surface area (Å²) < 4.78 is 15.5. The number of methoxy groups -OCH3 is 1. The van der Waals surface area contributed by atoms with Gasteiger partial charge in [-0.05, 0) is 24.3 Å². The molecule has 0 aliphatic rings. The van der Waals surface area contributed by atoms with Gasteiger partial charge in [0, 0.05) is 11.1 Å². The van der Waals surface area contributed by atoms with Crippen LogP contribution in [0.1, 0.15) is 11.5 Å². The number of nitrogens with zero attached hydrogens (tertiary/aromatic N) is 1. The average molecular weight is 387 g/mol. The largest absolute Gasteiger partial charge is 0.483 e. The van der Waals surface area contributed by atoms with Crippen LogP contribution in [0.5, 0.6) is 5.75 Å². The Hall–Kier alpha value is -2.13. The van der Waals surface area contributed by atoms with Crippen LogP contribution in [0.4, 0.5) is 0 Å². The molecule has 0 atom stereocenters. The molecule has 0 fully saturated rings. The Bertz CT molecular complexity index is 813. The zero-order valence-electron chi connectivity index (χ0n) is 12.3. The molecule has 0 aliphatic heterocycles. The van der Waals surface area contributed by atoms with Gasteiger partial charge < -0.3 is 13.9 Å². The molecule has 2 aromatic rings. The molecule has 0 N–H and O–H groups in total. The maximum atomic E-state index is 11.3. The SMILES string of the molecule is COC(=O)/C(C#N)=C\c1ccc(COc2c(Cl)cc(Cl)cc2Cl)o1. The van der Waals surface area contributed by atoms with E-state index in [0.29, 0.717) is 16.5 Å². The molecule has 124 valence electrons. The molecule has 2 rings (SSSR count). The number of halogens is 3. The molecular formula is C16H10Cl3NO4. The topological polar surface area (TPSA) is 72.5 Å². The minimum atomic E-state index is -0.744. The van der Waals surface area contributed by atoms with E-state index in [0.717, 1.165) is 0 Å². The molecule has 0 spiro atoms. The minimum Gasteiger partial charge on any atom is -0.483 e. The lowest BCUT2D eigenvalue weighted by Gasteiger charge is -2.08. The second-order valence-corrected chi connectivity index (χ2v) is 5.70. The Morgan fingerprint density at radius 1 is 1.29 bits per heavy atom. The molecule has 1 aromatic carbocycles. The highest BCUT2D eigenvalue weighted by molar-refractivity contribution is 6.40. The van der Waals surface area contributed by atoms with Crippen molar-refractivity contribution < 1.29 is 18.7 Å². The fourth-order valence-electron chi connectivity index (χ4n) is 1.75. The van der Waals surface area contributed by atoms with Crippen LogP contribution in [0.2, 0.25) is 15.1 Å². The standard InChI is InChI=1S/C16H10Cl3NO4/c1-22-16(21)9(7-20)4-11-2-3-12(24-11)8-23-15-13(18)5-10(17)6-14(15)19/h2-6H,8H2,1H3/b9-4-. The van der Waals surface area contributed by atoms with Crippen LogP contribution in [0.3, 0.4) is 0 Å². The first-order valence-electron chi connectivity index (χ1n) is 6.50. The number of ether oxygens (including phenoxy) is 2. The summed E-state index contributed by atoms with van der Waals surface area (Å²) in [5.74, 6) is 0.296.